The van der Waals surface area contributed by atoms with Crippen LogP contribution in [0.3, 0.4) is 0 Å². The van der Waals surface area contributed by atoms with Crippen LogP contribution in [0.25, 0.3) is 33.6 Å². The van der Waals surface area contributed by atoms with Gasteiger partial charge in [-0.05, 0) is 109 Å². The first-order valence-corrected chi connectivity index (χ1v) is 18.4. The number of aromatic nitrogens is 1. The molecule has 1 aliphatic carbocycles. The van der Waals surface area contributed by atoms with Crippen LogP contribution < -0.4 is 19.3 Å². The first-order chi connectivity index (χ1) is 26.5. The molecule has 0 amide bonds. The van der Waals surface area contributed by atoms with E-state index in [1.54, 1.807) is 0 Å². The van der Waals surface area contributed by atoms with Crippen LogP contribution >= 0.6 is 0 Å². The van der Waals surface area contributed by atoms with E-state index >= 15 is 0 Å². The molecule has 2 unspecified atom stereocenters. The van der Waals surface area contributed by atoms with Gasteiger partial charge in [0.2, 0.25) is 0 Å². The fraction of sp³-hybridized carbons (Fsp3) is 0.0816. The van der Waals surface area contributed by atoms with Gasteiger partial charge >= 0.3 is 0 Å². The SMILES string of the molecule is Cc1ccccc1-c1cc(-c2ccc(N3c4ccccc4Oc4ccccc43)cc2)nc(-c2ccc(N3c4ccccc4OC4C=CC=CC43C)cc2)c1. The number of allylic oxidation sites excluding steroid dienone is 2. The van der Waals surface area contributed by atoms with E-state index in [-0.39, 0.29) is 11.6 Å². The molecule has 5 nitrogen and oxygen atoms in total. The summed E-state index contributed by atoms with van der Waals surface area (Å²) in [5.41, 5.74) is 12.3. The van der Waals surface area contributed by atoms with Crippen molar-refractivity contribution in [2.75, 3.05) is 9.80 Å². The number of aryl methyl sites for hydroxylation is 1. The number of fused-ring (bicyclic) bond motifs is 4. The van der Waals surface area contributed by atoms with Crippen molar-refractivity contribution < 1.29 is 9.47 Å². The van der Waals surface area contributed by atoms with Crippen LogP contribution in [0.1, 0.15) is 12.5 Å². The molecule has 0 N–H and O–H groups in total. The number of para-hydroxylation sites is 6. The second-order valence-corrected chi connectivity index (χ2v) is 14.2. The summed E-state index contributed by atoms with van der Waals surface area (Å²) in [6.07, 6.45) is 8.46. The Morgan fingerprint density at radius 3 is 1.76 bits per heavy atom. The van der Waals surface area contributed by atoms with Gasteiger partial charge in [-0.25, -0.2) is 4.98 Å². The molecule has 1 aromatic heterocycles. The van der Waals surface area contributed by atoms with Crippen molar-refractivity contribution in [3.8, 4) is 50.9 Å². The summed E-state index contributed by atoms with van der Waals surface area (Å²) in [4.78, 5) is 9.97. The molecule has 0 radical (unpaired) electrons. The van der Waals surface area contributed by atoms with E-state index in [0.717, 1.165) is 73.8 Å². The summed E-state index contributed by atoms with van der Waals surface area (Å²) in [5.74, 6) is 2.55. The predicted octanol–water partition coefficient (Wildman–Crippen LogP) is 12.8. The maximum absolute atomic E-state index is 6.48. The summed E-state index contributed by atoms with van der Waals surface area (Å²) >= 11 is 0. The minimum absolute atomic E-state index is 0.105. The molecule has 0 saturated carbocycles. The van der Waals surface area contributed by atoms with E-state index < -0.39 is 0 Å². The molecule has 3 heterocycles. The molecule has 0 fully saturated rings. The number of anilines is 5. The minimum atomic E-state index is -0.377. The van der Waals surface area contributed by atoms with Crippen molar-refractivity contribution in [3.63, 3.8) is 0 Å². The lowest BCUT2D eigenvalue weighted by molar-refractivity contribution is 0.170. The smallest absolute Gasteiger partial charge is 0.151 e. The molecule has 5 heteroatoms. The fourth-order valence-electron chi connectivity index (χ4n) is 8.04. The van der Waals surface area contributed by atoms with Gasteiger partial charge in [0.1, 0.15) is 17.4 Å². The Balaban J connectivity index is 1.05. The Morgan fingerprint density at radius 2 is 1.11 bits per heavy atom. The molecule has 2 aliphatic heterocycles. The van der Waals surface area contributed by atoms with Gasteiger partial charge in [-0.2, -0.15) is 0 Å². The summed E-state index contributed by atoms with van der Waals surface area (Å²) in [6.45, 7) is 4.41. The number of benzene rings is 6. The van der Waals surface area contributed by atoms with Crippen LogP contribution in [0.2, 0.25) is 0 Å². The standard InChI is InChI=1S/C49H37N3O2/c1-33-13-3-4-14-39(33)36-31-40(34-22-26-37(27-23-34)51-42-15-5-8-18-45(42)53-46-19-9-6-16-43(46)51)50-41(32-36)35-24-28-38(29-25-35)52-44-17-7-10-20-47(44)54-48-21-11-12-30-49(48,52)2/h3-32,48H,1-2H3. The third-order valence-electron chi connectivity index (χ3n) is 10.8. The van der Waals surface area contributed by atoms with E-state index in [1.807, 2.05) is 42.5 Å². The number of nitrogens with zero attached hydrogens (tertiary/aromatic N) is 3. The molecule has 0 spiro atoms. The second-order valence-electron chi connectivity index (χ2n) is 14.2. The first kappa shape index (κ1) is 31.9. The van der Waals surface area contributed by atoms with E-state index in [4.69, 9.17) is 14.5 Å². The van der Waals surface area contributed by atoms with E-state index in [0.29, 0.717) is 0 Å². The highest BCUT2D eigenvalue weighted by Gasteiger charge is 2.45. The average Bonchev–Trinajstić information content (AvgIpc) is 3.22. The Bertz CT molecular complexity index is 2560. The van der Waals surface area contributed by atoms with E-state index in [1.165, 1.54) is 11.1 Å². The Labute approximate surface area is 315 Å². The Morgan fingerprint density at radius 1 is 0.556 bits per heavy atom. The normalized spacial score (nSPS) is 17.8. The monoisotopic (exact) mass is 699 g/mol. The van der Waals surface area contributed by atoms with Gasteiger partial charge in [-0.3, -0.25) is 0 Å². The van der Waals surface area contributed by atoms with Gasteiger partial charge in [0.15, 0.2) is 11.5 Å². The molecule has 6 aromatic carbocycles. The number of hydrogen-bond acceptors (Lipinski definition) is 5. The highest BCUT2D eigenvalue weighted by atomic mass is 16.5. The summed E-state index contributed by atoms with van der Waals surface area (Å²) in [6, 6.07) is 55.1. The lowest BCUT2D eigenvalue weighted by Gasteiger charge is -2.49. The molecule has 0 bridgehead atoms. The topological polar surface area (TPSA) is 37.8 Å². The molecule has 7 aromatic rings. The van der Waals surface area contributed by atoms with Crippen molar-refractivity contribution >= 4 is 28.4 Å². The zero-order valence-corrected chi connectivity index (χ0v) is 30.1. The Kier molecular flexibility index (Phi) is 7.48. The van der Waals surface area contributed by atoms with Gasteiger partial charge < -0.3 is 19.3 Å². The lowest BCUT2D eigenvalue weighted by atomic mass is 9.85. The first-order valence-electron chi connectivity index (χ1n) is 18.4. The summed E-state index contributed by atoms with van der Waals surface area (Å²) < 4.78 is 12.7. The van der Waals surface area contributed by atoms with Gasteiger partial charge in [-0.1, -0.05) is 103 Å². The molecular weight excluding hydrogens is 663 g/mol. The average molecular weight is 700 g/mol. The van der Waals surface area contributed by atoms with Gasteiger partial charge in [-0.15, -0.1) is 0 Å². The zero-order valence-electron chi connectivity index (χ0n) is 30.1. The van der Waals surface area contributed by atoms with E-state index in [9.17, 15) is 0 Å². The van der Waals surface area contributed by atoms with Crippen LogP contribution in [0.4, 0.5) is 28.4 Å². The van der Waals surface area contributed by atoms with Gasteiger partial charge in [0.25, 0.3) is 0 Å². The zero-order chi connectivity index (χ0) is 36.2. The van der Waals surface area contributed by atoms with Crippen LogP contribution in [-0.2, 0) is 0 Å². The molecule has 10 rings (SSSR count). The number of ether oxygens (including phenoxy) is 2. The van der Waals surface area contributed by atoms with Gasteiger partial charge in [0, 0.05) is 22.5 Å². The number of pyridine rings is 1. The molecular formula is C49H37N3O2. The van der Waals surface area contributed by atoms with Crippen molar-refractivity contribution in [3.05, 3.63) is 188 Å². The lowest BCUT2D eigenvalue weighted by Crippen LogP contribution is -2.56. The summed E-state index contributed by atoms with van der Waals surface area (Å²) in [7, 11) is 0. The quantitative estimate of drug-likeness (QED) is 0.179. The van der Waals surface area contributed by atoms with Crippen molar-refractivity contribution in [1.82, 2.24) is 4.98 Å². The predicted molar refractivity (Wildman–Crippen MR) is 220 cm³/mol. The number of hydrogen-bond donors (Lipinski definition) is 0. The highest BCUT2D eigenvalue weighted by Crippen LogP contribution is 2.51. The summed E-state index contributed by atoms with van der Waals surface area (Å²) in [5, 5.41) is 0. The van der Waals surface area contributed by atoms with E-state index in [2.05, 4.69) is 163 Å². The van der Waals surface area contributed by atoms with Crippen LogP contribution in [0.15, 0.2) is 182 Å². The van der Waals surface area contributed by atoms with Crippen LogP contribution in [-0.4, -0.2) is 16.6 Å². The third-order valence-corrected chi connectivity index (χ3v) is 10.8. The van der Waals surface area contributed by atoms with Crippen LogP contribution in [0.5, 0.6) is 17.2 Å². The highest BCUT2D eigenvalue weighted by molar-refractivity contribution is 5.87. The van der Waals surface area contributed by atoms with Gasteiger partial charge in [0.05, 0.1) is 28.5 Å². The third kappa shape index (κ3) is 5.28. The molecule has 2 atom stereocenters. The largest absolute Gasteiger partial charge is 0.481 e. The Hall–Kier alpha value is -6.85. The van der Waals surface area contributed by atoms with Crippen molar-refractivity contribution in [2.45, 2.75) is 25.5 Å². The molecule has 0 saturated heterocycles. The van der Waals surface area contributed by atoms with Crippen molar-refractivity contribution in [1.29, 1.82) is 0 Å². The maximum Gasteiger partial charge on any atom is 0.151 e. The van der Waals surface area contributed by atoms with Crippen LogP contribution in [0, 0.1) is 6.92 Å². The molecule has 3 aliphatic rings. The number of rotatable bonds is 5. The minimum Gasteiger partial charge on any atom is -0.481 e. The van der Waals surface area contributed by atoms with Crippen molar-refractivity contribution in [2.24, 2.45) is 0 Å². The molecule has 260 valence electrons. The molecule has 54 heavy (non-hydrogen) atoms. The second kappa shape index (κ2) is 12.7. The fourth-order valence-corrected chi connectivity index (χ4v) is 8.04. The maximum atomic E-state index is 6.48.